The first-order valence-electron chi connectivity index (χ1n) is 8.65. The molecule has 0 aliphatic rings. The molecule has 11 nitrogen and oxygen atoms in total. The van der Waals surface area contributed by atoms with Crippen molar-refractivity contribution in [3.8, 4) is 11.7 Å². The molecular weight excluding hydrogens is 414 g/mol. The second-order valence-electron chi connectivity index (χ2n) is 5.92. The standard InChI is InChI=1S/C18H18ClN7O4/c1-10(15-22-9-23-26(15)17-20-5-4-6-21-17)24-18(28)25-13-8-14(29-2)11(7-12(13)19)16(27)30-3/h4-10H,1-3H3,(H2,24,25,28)/t10-/m0/s1. The molecule has 1 atom stereocenters. The molecule has 0 fully saturated rings. The van der Waals surface area contributed by atoms with E-state index in [-0.39, 0.29) is 22.0 Å². The second-order valence-corrected chi connectivity index (χ2v) is 6.33. The number of anilines is 1. The summed E-state index contributed by atoms with van der Waals surface area (Å²) < 4.78 is 11.3. The van der Waals surface area contributed by atoms with E-state index in [4.69, 9.17) is 21.1 Å². The molecule has 3 rings (SSSR count). The van der Waals surface area contributed by atoms with Gasteiger partial charge in [-0.3, -0.25) is 0 Å². The van der Waals surface area contributed by atoms with E-state index in [2.05, 4.69) is 30.7 Å². The first-order chi connectivity index (χ1) is 14.4. The maximum Gasteiger partial charge on any atom is 0.341 e. The van der Waals surface area contributed by atoms with Crippen LogP contribution in [0.1, 0.15) is 29.1 Å². The molecule has 0 radical (unpaired) electrons. The lowest BCUT2D eigenvalue weighted by Gasteiger charge is -2.16. The Labute approximate surface area is 176 Å². The van der Waals surface area contributed by atoms with E-state index in [0.717, 1.165) is 0 Å². The number of hydrogen-bond donors (Lipinski definition) is 2. The summed E-state index contributed by atoms with van der Waals surface area (Å²) in [6, 6.07) is 3.37. The Hall–Kier alpha value is -3.73. The van der Waals surface area contributed by atoms with E-state index in [1.54, 1.807) is 25.4 Å². The topological polar surface area (TPSA) is 133 Å². The van der Waals surface area contributed by atoms with E-state index in [1.807, 2.05) is 0 Å². The average molecular weight is 432 g/mol. The number of esters is 1. The van der Waals surface area contributed by atoms with Gasteiger partial charge >= 0.3 is 12.0 Å². The van der Waals surface area contributed by atoms with Crippen molar-refractivity contribution in [2.75, 3.05) is 19.5 Å². The number of hydrogen-bond acceptors (Lipinski definition) is 8. The zero-order chi connectivity index (χ0) is 21.7. The van der Waals surface area contributed by atoms with Crippen LogP contribution in [0.15, 0.2) is 36.9 Å². The molecule has 0 bridgehead atoms. The number of nitrogens with zero attached hydrogens (tertiary/aromatic N) is 5. The van der Waals surface area contributed by atoms with E-state index in [9.17, 15) is 9.59 Å². The van der Waals surface area contributed by atoms with Gasteiger partial charge < -0.3 is 20.1 Å². The Morgan fingerprint density at radius 1 is 1.17 bits per heavy atom. The van der Waals surface area contributed by atoms with Crippen LogP contribution in [0.2, 0.25) is 5.02 Å². The Morgan fingerprint density at radius 3 is 2.57 bits per heavy atom. The third-order valence-corrected chi connectivity index (χ3v) is 4.31. The van der Waals surface area contributed by atoms with Gasteiger partial charge in [0.15, 0.2) is 5.82 Å². The van der Waals surface area contributed by atoms with Gasteiger partial charge in [-0.15, -0.1) is 0 Å². The Bertz CT molecular complexity index is 1060. The van der Waals surface area contributed by atoms with Gasteiger partial charge in [0.05, 0.1) is 31.0 Å². The van der Waals surface area contributed by atoms with Crippen molar-refractivity contribution in [3.05, 3.63) is 53.3 Å². The number of carbonyl (C=O) groups excluding carboxylic acids is 2. The normalized spacial score (nSPS) is 11.5. The smallest absolute Gasteiger partial charge is 0.341 e. The highest BCUT2D eigenvalue weighted by Crippen LogP contribution is 2.31. The van der Waals surface area contributed by atoms with Gasteiger partial charge in [0.1, 0.15) is 17.6 Å². The zero-order valence-corrected chi connectivity index (χ0v) is 17.0. The summed E-state index contributed by atoms with van der Waals surface area (Å²) in [5.41, 5.74) is 0.388. The Balaban J connectivity index is 1.75. The van der Waals surface area contributed by atoms with Gasteiger partial charge in [-0.1, -0.05) is 11.6 Å². The van der Waals surface area contributed by atoms with Crippen molar-refractivity contribution in [1.29, 1.82) is 0 Å². The van der Waals surface area contributed by atoms with E-state index < -0.39 is 18.0 Å². The summed E-state index contributed by atoms with van der Waals surface area (Å²) in [7, 11) is 2.63. The predicted molar refractivity (Wildman–Crippen MR) is 107 cm³/mol. The lowest BCUT2D eigenvalue weighted by Crippen LogP contribution is -2.32. The fourth-order valence-electron chi connectivity index (χ4n) is 2.61. The summed E-state index contributed by atoms with van der Waals surface area (Å²) >= 11 is 6.20. The summed E-state index contributed by atoms with van der Waals surface area (Å²) in [6.07, 6.45) is 4.49. The fourth-order valence-corrected chi connectivity index (χ4v) is 2.82. The van der Waals surface area contributed by atoms with Crippen molar-refractivity contribution < 1.29 is 19.1 Å². The van der Waals surface area contributed by atoms with Gasteiger partial charge in [-0.05, 0) is 19.1 Å². The van der Waals surface area contributed by atoms with E-state index in [1.165, 1.54) is 37.4 Å². The molecule has 0 saturated carbocycles. The molecule has 0 spiro atoms. The highest BCUT2D eigenvalue weighted by molar-refractivity contribution is 6.34. The molecule has 2 N–H and O–H groups in total. The van der Waals surface area contributed by atoms with Crippen LogP contribution in [0.25, 0.3) is 5.95 Å². The molecule has 30 heavy (non-hydrogen) atoms. The largest absolute Gasteiger partial charge is 0.496 e. The lowest BCUT2D eigenvalue weighted by molar-refractivity contribution is 0.0597. The average Bonchev–Trinajstić information content (AvgIpc) is 3.25. The summed E-state index contributed by atoms with van der Waals surface area (Å²) in [4.78, 5) is 36.7. The van der Waals surface area contributed by atoms with E-state index >= 15 is 0 Å². The molecule has 3 aromatic rings. The number of ether oxygens (including phenoxy) is 2. The number of rotatable bonds is 6. The minimum absolute atomic E-state index is 0.139. The molecule has 2 heterocycles. The molecular formula is C18H18ClN7O4. The Morgan fingerprint density at radius 2 is 1.90 bits per heavy atom. The van der Waals surface area contributed by atoms with E-state index in [0.29, 0.717) is 11.8 Å². The second kappa shape index (κ2) is 9.18. The highest BCUT2D eigenvalue weighted by atomic mass is 35.5. The van der Waals surface area contributed by atoms with Crippen molar-refractivity contribution >= 4 is 29.3 Å². The minimum Gasteiger partial charge on any atom is -0.496 e. The molecule has 2 aromatic heterocycles. The van der Waals surface area contributed by atoms with Crippen LogP contribution >= 0.6 is 11.6 Å². The van der Waals surface area contributed by atoms with Crippen LogP contribution in [0.3, 0.4) is 0 Å². The SMILES string of the molecule is COC(=O)c1cc(Cl)c(NC(=O)N[C@@H](C)c2ncnn2-c2ncccn2)cc1OC. The molecule has 2 amide bonds. The molecule has 156 valence electrons. The summed E-state index contributed by atoms with van der Waals surface area (Å²) in [5.74, 6) is 0.350. The molecule has 0 aliphatic carbocycles. The summed E-state index contributed by atoms with van der Waals surface area (Å²) in [6.45, 7) is 1.73. The van der Waals surface area contributed by atoms with Crippen molar-refractivity contribution in [3.63, 3.8) is 0 Å². The van der Waals surface area contributed by atoms with Crippen LogP contribution in [0, 0.1) is 0 Å². The third kappa shape index (κ3) is 4.46. The van der Waals surface area contributed by atoms with Crippen molar-refractivity contribution in [1.82, 2.24) is 30.0 Å². The van der Waals surface area contributed by atoms with Crippen LogP contribution < -0.4 is 15.4 Å². The van der Waals surface area contributed by atoms with Crippen LogP contribution in [0.4, 0.5) is 10.5 Å². The number of urea groups is 1. The first kappa shape index (κ1) is 21.0. The minimum atomic E-state index is -0.610. The zero-order valence-electron chi connectivity index (χ0n) is 16.3. The third-order valence-electron chi connectivity index (χ3n) is 3.99. The van der Waals surface area contributed by atoms with Gasteiger partial charge in [-0.2, -0.15) is 9.78 Å². The molecule has 0 unspecified atom stereocenters. The van der Waals surface area contributed by atoms with Crippen LogP contribution in [0.5, 0.6) is 5.75 Å². The van der Waals surface area contributed by atoms with Gasteiger partial charge in [0, 0.05) is 18.5 Å². The fraction of sp³-hybridized carbons (Fsp3) is 0.222. The number of aromatic nitrogens is 5. The van der Waals surface area contributed by atoms with Crippen molar-refractivity contribution in [2.24, 2.45) is 0 Å². The Kier molecular flexibility index (Phi) is 6.42. The van der Waals surface area contributed by atoms with Crippen molar-refractivity contribution in [2.45, 2.75) is 13.0 Å². The molecule has 12 heteroatoms. The number of amides is 2. The molecule has 0 aliphatic heterocycles. The maximum absolute atomic E-state index is 12.5. The van der Waals surface area contributed by atoms with Gasteiger partial charge in [0.2, 0.25) is 0 Å². The molecule has 0 saturated heterocycles. The lowest BCUT2D eigenvalue weighted by atomic mass is 10.1. The first-order valence-corrected chi connectivity index (χ1v) is 9.03. The number of carbonyl (C=O) groups is 2. The van der Waals surface area contributed by atoms with Crippen LogP contribution in [-0.2, 0) is 4.74 Å². The molecule has 1 aromatic carbocycles. The number of methoxy groups -OCH3 is 2. The quantitative estimate of drug-likeness (QED) is 0.568. The number of halogens is 1. The van der Waals surface area contributed by atoms with Crippen LogP contribution in [-0.4, -0.2) is 51.0 Å². The monoisotopic (exact) mass is 431 g/mol. The van der Waals surface area contributed by atoms with Gasteiger partial charge in [-0.25, -0.2) is 24.5 Å². The maximum atomic E-state index is 12.5. The number of benzene rings is 1. The van der Waals surface area contributed by atoms with Gasteiger partial charge in [0.25, 0.3) is 5.95 Å². The predicted octanol–water partition coefficient (Wildman–Crippen LogP) is 2.39. The number of nitrogens with one attached hydrogen (secondary N) is 2. The highest BCUT2D eigenvalue weighted by Gasteiger charge is 2.20. The summed E-state index contributed by atoms with van der Waals surface area (Å²) in [5, 5.41) is 9.59.